The van der Waals surface area contributed by atoms with Gasteiger partial charge in [0.05, 0.1) is 18.7 Å². The summed E-state index contributed by atoms with van der Waals surface area (Å²) in [6.07, 6.45) is 0. The molecule has 0 spiro atoms. The number of rotatable bonds is 4. The van der Waals surface area contributed by atoms with Crippen LogP contribution in [0.2, 0.25) is 0 Å². The Morgan fingerprint density at radius 3 is 2.41 bits per heavy atom. The minimum atomic E-state index is -0.958. The number of Topliss-reactive ketones (excluding diaryl/α,β-unsaturated/α-hetero) is 1. The number of anilines is 1. The summed E-state index contributed by atoms with van der Waals surface area (Å²) in [6, 6.07) is 16.4. The number of amides is 1. The van der Waals surface area contributed by atoms with E-state index in [2.05, 4.69) is 15.9 Å². The van der Waals surface area contributed by atoms with Gasteiger partial charge in [0.1, 0.15) is 17.3 Å². The lowest BCUT2D eigenvalue weighted by Crippen LogP contribution is -2.29. The van der Waals surface area contributed by atoms with Crippen molar-refractivity contribution >= 4 is 39.1 Å². The van der Waals surface area contributed by atoms with Crippen LogP contribution in [0.4, 0.5) is 10.1 Å². The number of carbonyl (C=O) groups excluding carboxylic acids is 2. The third-order valence-electron chi connectivity index (χ3n) is 5.41. The average Bonchev–Trinajstić information content (AvgIpc) is 3.06. The van der Waals surface area contributed by atoms with Crippen LogP contribution in [-0.2, 0) is 9.59 Å². The van der Waals surface area contributed by atoms with Crippen molar-refractivity contribution in [3.05, 3.63) is 99.3 Å². The number of nitrogens with zero attached hydrogens (tertiary/aromatic N) is 1. The predicted molar refractivity (Wildman–Crippen MR) is 123 cm³/mol. The van der Waals surface area contributed by atoms with E-state index in [-0.39, 0.29) is 11.3 Å². The molecule has 1 aliphatic heterocycles. The third-order valence-corrected chi connectivity index (χ3v) is 6.30. The lowest BCUT2D eigenvalue weighted by molar-refractivity contribution is -0.132. The molecule has 0 radical (unpaired) electrons. The standard InChI is InChI=1S/C25H19BrFNO4/c1-14-13-15(7-12-19(14)26)23(29)21-22(18-5-3-4-6-20(18)32-2)28(25(31)24(21)30)17-10-8-16(27)9-11-17/h3-13,22,29H,1-2H3/b23-21+. The van der Waals surface area contributed by atoms with Crippen LogP contribution in [0, 0.1) is 12.7 Å². The number of hydrogen-bond acceptors (Lipinski definition) is 4. The van der Waals surface area contributed by atoms with Gasteiger partial charge >= 0.3 is 0 Å². The summed E-state index contributed by atoms with van der Waals surface area (Å²) in [4.78, 5) is 27.6. The highest BCUT2D eigenvalue weighted by atomic mass is 79.9. The fraction of sp³-hybridized carbons (Fsp3) is 0.120. The van der Waals surface area contributed by atoms with E-state index in [4.69, 9.17) is 4.74 Å². The van der Waals surface area contributed by atoms with E-state index in [0.29, 0.717) is 22.6 Å². The van der Waals surface area contributed by atoms with Gasteiger partial charge in [0.2, 0.25) is 0 Å². The van der Waals surface area contributed by atoms with Gasteiger partial charge in [-0.15, -0.1) is 0 Å². The zero-order valence-electron chi connectivity index (χ0n) is 17.3. The molecule has 1 atom stereocenters. The van der Waals surface area contributed by atoms with E-state index in [1.54, 1.807) is 42.5 Å². The number of carbonyl (C=O) groups is 2. The lowest BCUT2D eigenvalue weighted by Gasteiger charge is -2.26. The fourth-order valence-electron chi connectivity index (χ4n) is 3.83. The minimum absolute atomic E-state index is 0.0643. The molecule has 0 aliphatic carbocycles. The van der Waals surface area contributed by atoms with Crippen LogP contribution in [0.15, 0.2) is 76.8 Å². The van der Waals surface area contributed by atoms with Gasteiger partial charge in [0, 0.05) is 21.3 Å². The summed E-state index contributed by atoms with van der Waals surface area (Å²) in [5.74, 6) is -1.96. The SMILES string of the molecule is COc1ccccc1C1/C(=C(\O)c2ccc(Br)c(C)c2)C(=O)C(=O)N1c1ccc(F)cc1. The van der Waals surface area contributed by atoms with Gasteiger partial charge in [0.25, 0.3) is 11.7 Å². The Hall–Kier alpha value is -3.45. The van der Waals surface area contributed by atoms with E-state index < -0.39 is 23.5 Å². The number of halogens is 2. The molecule has 0 aromatic heterocycles. The van der Waals surface area contributed by atoms with Crippen molar-refractivity contribution in [1.82, 2.24) is 0 Å². The summed E-state index contributed by atoms with van der Waals surface area (Å²) in [5, 5.41) is 11.2. The van der Waals surface area contributed by atoms with Crippen molar-refractivity contribution in [2.24, 2.45) is 0 Å². The van der Waals surface area contributed by atoms with Crippen LogP contribution in [0.1, 0.15) is 22.7 Å². The largest absolute Gasteiger partial charge is 0.507 e. The maximum atomic E-state index is 13.5. The normalized spacial score (nSPS) is 17.6. The van der Waals surface area contributed by atoms with E-state index in [1.807, 2.05) is 6.92 Å². The highest BCUT2D eigenvalue weighted by molar-refractivity contribution is 9.10. The predicted octanol–water partition coefficient (Wildman–Crippen LogP) is 5.53. The van der Waals surface area contributed by atoms with Crippen molar-refractivity contribution < 1.29 is 23.8 Å². The molecule has 0 bridgehead atoms. The van der Waals surface area contributed by atoms with Gasteiger partial charge in [-0.3, -0.25) is 14.5 Å². The molecule has 1 saturated heterocycles. The average molecular weight is 496 g/mol. The molecule has 1 aliphatic rings. The van der Waals surface area contributed by atoms with Crippen molar-refractivity contribution in [2.45, 2.75) is 13.0 Å². The van der Waals surface area contributed by atoms with Crippen molar-refractivity contribution in [3.63, 3.8) is 0 Å². The van der Waals surface area contributed by atoms with Gasteiger partial charge in [-0.25, -0.2) is 4.39 Å². The maximum Gasteiger partial charge on any atom is 0.300 e. The Morgan fingerprint density at radius 1 is 1.06 bits per heavy atom. The lowest BCUT2D eigenvalue weighted by atomic mass is 9.94. The smallest absolute Gasteiger partial charge is 0.300 e. The monoisotopic (exact) mass is 495 g/mol. The van der Waals surface area contributed by atoms with Gasteiger partial charge in [0.15, 0.2) is 0 Å². The molecule has 1 heterocycles. The maximum absolute atomic E-state index is 13.5. The zero-order valence-corrected chi connectivity index (χ0v) is 18.9. The molecule has 1 unspecified atom stereocenters. The molecule has 32 heavy (non-hydrogen) atoms. The van der Waals surface area contributed by atoms with Gasteiger partial charge in [-0.2, -0.15) is 0 Å². The molecule has 0 saturated carbocycles. The highest BCUT2D eigenvalue weighted by Crippen LogP contribution is 2.45. The number of aliphatic hydroxyl groups is 1. The Balaban J connectivity index is 1.99. The molecule has 1 fully saturated rings. The topological polar surface area (TPSA) is 66.8 Å². The molecule has 5 nitrogen and oxygen atoms in total. The van der Waals surface area contributed by atoms with E-state index in [0.717, 1.165) is 10.0 Å². The molecular formula is C25H19BrFNO4. The first-order valence-electron chi connectivity index (χ1n) is 9.79. The zero-order chi connectivity index (χ0) is 23.0. The Bertz CT molecular complexity index is 1250. The molecule has 4 rings (SSSR count). The van der Waals surface area contributed by atoms with Crippen LogP contribution in [0.25, 0.3) is 5.76 Å². The van der Waals surface area contributed by atoms with Crippen molar-refractivity contribution in [1.29, 1.82) is 0 Å². The second-order valence-electron chi connectivity index (χ2n) is 7.35. The quantitative estimate of drug-likeness (QED) is 0.293. The summed E-state index contributed by atoms with van der Waals surface area (Å²) < 4.78 is 19.9. The van der Waals surface area contributed by atoms with Crippen LogP contribution >= 0.6 is 15.9 Å². The third kappa shape index (κ3) is 3.69. The summed E-state index contributed by atoms with van der Waals surface area (Å²) in [7, 11) is 1.49. The Kier molecular flexibility index (Phi) is 5.84. The summed E-state index contributed by atoms with van der Waals surface area (Å²) >= 11 is 3.42. The molecule has 1 N–H and O–H groups in total. The molecule has 7 heteroatoms. The van der Waals surface area contributed by atoms with Crippen LogP contribution in [0.3, 0.4) is 0 Å². The van der Waals surface area contributed by atoms with E-state index in [1.165, 1.54) is 36.3 Å². The Morgan fingerprint density at radius 2 is 1.75 bits per heavy atom. The first-order valence-corrected chi connectivity index (χ1v) is 10.6. The second kappa shape index (κ2) is 8.59. The molecule has 1 amide bonds. The molecular weight excluding hydrogens is 477 g/mol. The van der Waals surface area contributed by atoms with Crippen LogP contribution in [0.5, 0.6) is 5.75 Å². The molecule has 162 valence electrons. The number of ether oxygens (including phenoxy) is 1. The number of benzene rings is 3. The van der Waals surface area contributed by atoms with Crippen molar-refractivity contribution in [3.8, 4) is 5.75 Å². The minimum Gasteiger partial charge on any atom is -0.507 e. The van der Waals surface area contributed by atoms with Crippen molar-refractivity contribution in [2.75, 3.05) is 12.0 Å². The van der Waals surface area contributed by atoms with Gasteiger partial charge in [-0.05, 0) is 55.0 Å². The number of hydrogen-bond donors (Lipinski definition) is 1. The number of methoxy groups -OCH3 is 1. The van der Waals surface area contributed by atoms with E-state index >= 15 is 0 Å². The highest BCUT2D eigenvalue weighted by Gasteiger charge is 2.47. The molecule has 3 aromatic rings. The Labute approximate surface area is 192 Å². The summed E-state index contributed by atoms with van der Waals surface area (Å²) in [5.41, 5.74) is 2.05. The van der Waals surface area contributed by atoms with Crippen LogP contribution < -0.4 is 9.64 Å². The van der Waals surface area contributed by atoms with Gasteiger partial charge < -0.3 is 9.84 Å². The number of aryl methyl sites for hydroxylation is 1. The molecule has 3 aromatic carbocycles. The number of ketones is 1. The van der Waals surface area contributed by atoms with E-state index in [9.17, 15) is 19.1 Å². The first-order chi connectivity index (χ1) is 15.3. The van der Waals surface area contributed by atoms with Gasteiger partial charge in [-0.1, -0.05) is 40.2 Å². The number of aliphatic hydroxyl groups excluding tert-OH is 1. The fourth-order valence-corrected chi connectivity index (χ4v) is 4.08. The number of para-hydroxylation sites is 1. The van der Waals surface area contributed by atoms with Crippen LogP contribution in [-0.4, -0.2) is 23.9 Å². The second-order valence-corrected chi connectivity index (χ2v) is 8.21. The first kappa shape index (κ1) is 21.8. The summed E-state index contributed by atoms with van der Waals surface area (Å²) in [6.45, 7) is 1.86.